The zero-order valence-corrected chi connectivity index (χ0v) is 26.7. The average Bonchev–Trinajstić information content (AvgIpc) is 2.99. The molecular formula is C33H45ClN6O2. The Balaban J connectivity index is 1.87. The van der Waals surface area contributed by atoms with E-state index < -0.39 is 0 Å². The van der Waals surface area contributed by atoms with Crippen molar-refractivity contribution in [3.8, 4) is 0 Å². The van der Waals surface area contributed by atoms with E-state index in [4.69, 9.17) is 21.6 Å². The largest absolute Gasteiger partial charge is 0.355 e. The number of hydrogen-bond acceptors (Lipinski definition) is 5. The van der Waals surface area contributed by atoms with Crippen LogP contribution in [0.3, 0.4) is 0 Å². The lowest BCUT2D eigenvalue weighted by Gasteiger charge is -2.42. The molecule has 1 aromatic heterocycles. The van der Waals surface area contributed by atoms with Gasteiger partial charge in [0.25, 0.3) is 0 Å². The van der Waals surface area contributed by atoms with Gasteiger partial charge in [0.05, 0.1) is 16.3 Å². The van der Waals surface area contributed by atoms with Gasteiger partial charge in [-0.1, -0.05) is 64.1 Å². The van der Waals surface area contributed by atoms with Crippen LogP contribution in [0, 0.1) is 5.41 Å². The predicted molar refractivity (Wildman–Crippen MR) is 173 cm³/mol. The Morgan fingerprint density at radius 2 is 1.81 bits per heavy atom. The van der Waals surface area contributed by atoms with Crippen LogP contribution in [0.25, 0.3) is 0 Å². The van der Waals surface area contributed by atoms with E-state index in [9.17, 15) is 9.59 Å². The van der Waals surface area contributed by atoms with Crippen molar-refractivity contribution < 1.29 is 9.59 Å². The summed E-state index contributed by atoms with van der Waals surface area (Å²) in [7, 11) is 1.75. The molecule has 2 saturated heterocycles. The number of rotatable bonds is 8. The first-order valence-electron chi connectivity index (χ1n) is 15.0. The van der Waals surface area contributed by atoms with Gasteiger partial charge in [-0.2, -0.15) is 0 Å². The predicted octanol–water partition coefficient (Wildman–Crippen LogP) is 5.88. The molecule has 1 atom stereocenters. The van der Waals surface area contributed by atoms with Crippen LogP contribution in [0.2, 0.25) is 5.02 Å². The number of halogens is 1. The van der Waals surface area contributed by atoms with Gasteiger partial charge in [-0.05, 0) is 61.3 Å². The molecule has 2 amide bonds. The van der Waals surface area contributed by atoms with Gasteiger partial charge >= 0.3 is 0 Å². The minimum atomic E-state index is -0.0775. The first kappa shape index (κ1) is 31.5. The highest BCUT2D eigenvalue weighted by molar-refractivity contribution is 6.33. The van der Waals surface area contributed by atoms with Gasteiger partial charge in [0, 0.05) is 45.8 Å². The summed E-state index contributed by atoms with van der Waals surface area (Å²) in [6, 6.07) is 8.09. The quantitative estimate of drug-likeness (QED) is 0.166. The number of carbonyl (C=O) groups is 2. The number of benzene rings is 1. The minimum Gasteiger partial charge on any atom is -0.355 e. The van der Waals surface area contributed by atoms with Crippen LogP contribution in [-0.4, -0.2) is 78.7 Å². The molecule has 8 nitrogen and oxygen atoms in total. The van der Waals surface area contributed by atoms with Crippen molar-refractivity contribution in [1.82, 2.24) is 14.8 Å². The maximum Gasteiger partial charge on any atom is 0.246 e. The molecule has 3 heterocycles. The van der Waals surface area contributed by atoms with Crippen molar-refractivity contribution in [2.24, 2.45) is 10.4 Å². The molecule has 0 radical (unpaired) electrons. The third-order valence-corrected chi connectivity index (χ3v) is 9.01. The van der Waals surface area contributed by atoms with Crippen molar-refractivity contribution in [2.45, 2.75) is 66.3 Å². The summed E-state index contributed by atoms with van der Waals surface area (Å²) in [6.45, 7) is 17.9. The number of nitrogens with zero attached hydrogens (tertiary/aromatic N) is 6. The molecule has 226 valence electrons. The van der Waals surface area contributed by atoms with E-state index in [2.05, 4.69) is 63.1 Å². The van der Waals surface area contributed by atoms with Gasteiger partial charge in [-0.15, -0.1) is 0 Å². The van der Waals surface area contributed by atoms with E-state index in [0.29, 0.717) is 47.7 Å². The highest BCUT2D eigenvalue weighted by Crippen LogP contribution is 2.40. The molecule has 9 heteroatoms. The fraction of sp³-hybridized carbons (Fsp3) is 0.515. The Morgan fingerprint density at radius 1 is 1.17 bits per heavy atom. The van der Waals surface area contributed by atoms with Crippen LogP contribution in [0.1, 0.15) is 64.2 Å². The van der Waals surface area contributed by atoms with Crippen LogP contribution in [0.15, 0.2) is 41.9 Å². The van der Waals surface area contributed by atoms with E-state index in [0.717, 1.165) is 62.0 Å². The Labute approximate surface area is 256 Å². The molecule has 1 aromatic carbocycles. The van der Waals surface area contributed by atoms with Gasteiger partial charge in [-0.25, -0.2) is 4.98 Å². The normalized spacial score (nSPS) is 19.1. The van der Waals surface area contributed by atoms with Crippen LogP contribution in [-0.2, 0) is 22.4 Å². The van der Waals surface area contributed by atoms with Crippen molar-refractivity contribution >= 4 is 47.1 Å². The standard InChI is InChI=1S/C33H45ClN6O2/c1-8-24-12-11-13-25(9-2)29(24)40(22-41)31-26(20-27(34)32(36-31)37-16-14-33(5,6)15-17-37)30(35-7)39-19-18-38(21-23(39)4)28(42)10-3/h10-13,20,22-23H,3,8-9,14-19,21H2,1-2,4-7H3/b35-30+. The zero-order valence-electron chi connectivity index (χ0n) is 26.0. The fourth-order valence-electron chi connectivity index (χ4n) is 6.10. The zero-order chi connectivity index (χ0) is 30.6. The highest BCUT2D eigenvalue weighted by Gasteiger charge is 2.33. The number of aromatic nitrogens is 1. The van der Waals surface area contributed by atoms with Gasteiger partial charge in [0.15, 0.2) is 5.82 Å². The van der Waals surface area contributed by atoms with E-state index in [1.807, 2.05) is 12.1 Å². The first-order chi connectivity index (χ1) is 20.1. The highest BCUT2D eigenvalue weighted by atomic mass is 35.5. The Morgan fingerprint density at radius 3 is 2.33 bits per heavy atom. The molecule has 2 aliphatic rings. The smallest absolute Gasteiger partial charge is 0.246 e. The third kappa shape index (κ3) is 6.33. The van der Waals surface area contributed by atoms with Crippen molar-refractivity contribution in [2.75, 3.05) is 49.6 Å². The summed E-state index contributed by atoms with van der Waals surface area (Å²) in [6.07, 6.45) is 5.84. The summed E-state index contributed by atoms with van der Waals surface area (Å²) in [5.74, 6) is 1.83. The fourth-order valence-corrected chi connectivity index (χ4v) is 6.37. The number of para-hydroxylation sites is 1. The summed E-state index contributed by atoms with van der Waals surface area (Å²) >= 11 is 7.03. The number of pyridine rings is 1. The topological polar surface area (TPSA) is 72.4 Å². The second kappa shape index (κ2) is 13.3. The number of aryl methyl sites for hydroxylation is 2. The SMILES string of the molecule is C=CC(=O)N1CCN(/C(=N/C)c2cc(Cl)c(N3CCC(C)(C)CC3)nc2N(C=O)c2c(CC)cccc2CC)C(C)C1. The Kier molecular flexibility index (Phi) is 9.97. The second-order valence-electron chi connectivity index (χ2n) is 12.0. The number of carbonyl (C=O) groups excluding carboxylic acids is 2. The number of piperazine rings is 1. The van der Waals surface area contributed by atoms with Crippen LogP contribution in [0.5, 0.6) is 0 Å². The second-order valence-corrected chi connectivity index (χ2v) is 12.4. The average molecular weight is 593 g/mol. The maximum atomic E-state index is 13.1. The Bertz CT molecular complexity index is 1320. The lowest BCUT2D eigenvalue weighted by molar-refractivity contribution is -0.128. The summed E-state index contributed by atoms with van der Waals surface area (Å²) in [4.78, 5) is 43.3. The lowest BCUT2D eigenvalue weighted by Crippen LogP contribution is -2.55. The first-order valence-corrected chi connectivity index (χ1v) is 15.4. The van der Waals surface area contributed by atoms with E-state index in [1.54, 1.807) is 16.8 Å². The summed E-state index contributed by atoms with van der Waals surface area (Å²) in [5.41, 5.74) is 3.98. The van der Waals surface area contributed by atoms with E-state index in [-0.39, 0.29) is 17.4 Å². The van der Waals surface area contributed by atoms with E-state index in [1.165, 1.54) is 6.08 Å². The number of piperidine rings is 1. The minimum absolute atomic E-state index is 0.0178. The molecule has 4 rings (SSSR count). The number of amidine groups is 1. The molecule has 0 spiro atoms. The van der Waals surface area contributed by atoms with Crippen molar-refractivity contribution in [1.29, 1.82) is 0 Å². The number of aliphatic imine (C=N–C) groups is 1. The number of anilines is 3. The molecule has 0 saturated carbocycles. The third-order valence-electron chi connectivity index (χ3n) is 8.73. The van der Waals surface area contributed by atoms with E-state index >= 15 is 0 Å². The van der Waals surface area contributed by atoms with Crippen LogP contribution in [0.4, 0.5) is 17.3 Å². The van der Waals surface area contributed by atoms with Crippen LogP contribution >= 0.6 is 11.6 Å². The molecule has 0 aliphatic carbocycles. The molecule has 2 aliphatic heterocycles. The lowest BCUT2D eigenvalue weighted by atomic mass is 9.83. The monoisotopic (exact) mass is 592 g/mol. The molecule has 2 aromatic rings. The van der Waals surface area contributed by atoms with Gasteiger partial charge in [-0.3, -0.25) is 19.5 Å². The van der Waals surface area contributed by atoms with Crippen molar-refractivity contribution in [3.63, 3.8) is 0 Å². The molecule has 2 fully saturated rings. The van der Waals surface area contributed by atoms with Crippen LogP contribution < -0.4 is 9.80 Å². The van der Waals surface area contributed by atoms with Gasteiger partial charge < -0.3 is 14.7 Å². The van der Waals surface area contributed by atoms with Gasteiger partial charge in [0.1, 0.15) is 11.7 Å². The number of amides is 2. The molecule has 42 heavy (non-hydrogen) atoms. The molecule has 0 N–H and O–H groups in total. The molecule has 1 unspecified atom stereocenters. The van der Waals surface area contributed by atoms with Gasteiger partial charge in [0.2, 0.25) is 12.3 Å². The number of hydrogen-bond donors (Lipinski definition) is 0. The molecule has 0 bridgehead atoms. The summed E-state index contributed by atoms with van der Waals surface area (Å²) < 4.78 is 0. The van der Waals surface area contributed by atoms with Crippen molar-refractivity contribution in [3.05, 3.63) is 58.6 Å². The maximum absolute atomic E-state index is 13.1. The molecular weight excluding hydrogens is 548 g/mol. The Hall–Kier alpha value is -3.39. The summed E-state index contributed by atoms with van der Waals surface area (Å²) in [5, 5.41) is 0.535.